The molecule has 4 aromatic carbocycles. The van der Waals surface area contributed by atoms with Crippen LogP contribution in [0.15, 0.2) is 84.9 Å². The predicted molar refractivity (Wildman–Crippen MR) is 131 cm³/mol. The van der Waals surface area contributed by atoms with Gasteiger partial charge in [0.15, 0.2) is 5.60 Å². The molecule has 4 aromatic rings. The van der Waals surface area contributed by atoms with Gasteiger partial charge in [0.25, 0.3) is 0 Å². The predicted octanol–water partition coefficient (Wildman–Crippen LogP) is 6.65. The van der Waals surface area contributed by atoms with E-state index in [2.05, 4.69) is 48.5 Å². The molecule has 0 unspecified atom stereocenters. The van der Waals surface area contributed by atoms with Crippen LogP contribution in [0.3, 0.4) is 0 Å². The number of benzene rings is 4. The van der Waals surface area contributed by atoms with Gasteiger partial charge in [0.1, 0.15) is 0 Å². The van der Waals surface area contributed by atoms with E-state index in [1.165, 1.54) is 4.90 Å². The van der Waals surface area contributed by atoms with Crippen molar-refractivity contribution < 1.29 is 14.3 Å². The minimum absolute atomic E-state index is 0.0232. The molecule has 33 heavy (non-hydrogen) atoms. The highest BCUT2D eigenvalue weighted by Gasteiger charge is 2.59. The molecule has 4 nitrogen and oxygen atoms in total. The minimum atomic E-state index is -1.11. The first-order valence-electron chi connectivity index (χ1n) is 11.5. The number of hydrogen-bond acceptors (Lipinski definition) is 3. The molecule has 0 radical (unpaired) electrons. The Labute approximate surface area is 193 Å². The second-order valence-electron chi connectivity index (χ2n) is 9.03. The third-order valence-electron chi connectivity index (χ3n) is 6.70. The van der Waals surface area contributed by atoms with Crippen molar-refractivity contribution in [3.8, 4) is 0 Å². The van der Waals surface area contributed by atoms with Crippen molar-refractivity contribution in [1.82, 2.24) is 4.90 Å². The van der Waals surface area contributed by atoms with Crippen molar-refractivity contribution in [2.24, 2.45) is 5.92 Å². The van der Waals surface area contributed by atoms with Crippen LogP contribution in [0, 0.1) is 5.92 Å². The lowest BCUT2D eigenvalue weighted by Crippen LogP contribution is -2.49. The molecule has 1 saturated heterocycles. The van der Waals surface area contributed by atoms with Crippen molar-refractivity contribution in [2.45, 2.75) is 38.8 Å². The number of hydrogen-bond donors (Lipinski definition) is 0. The van der Waals surface area contributed by atoms with Crippen molar-refractivity contribution in [1.29, 1.82) is 0 Å². The third-order valence-corrected chi connectivity index (χ3v) is 6.70. The average Bonchev–Trinajstić information content (AvgIpc) is 3.17. The Kier molecular flexibility index (Phi) is 5.16. The number of nitrogens with zero attached hydrogens (tertiary/aromatic N) is 1. The molecular weight excluding hydrogens is 410 g/mol. The highest BCUT2D eigenvalue weighted by molar-refractivity contribution is 5.95. The SMILES string of the molecule is CCC(=O)N1C(=O)OC(c2ccc3ccccc3c2)(c2ccc3ccccc3c2)[C@@H]1C(C)C. The standard InChI is InChI=1S/C29H27NO3/c1-4-26(31)30-27(19(2)3)29(33-28(30)32,24-15-13-20-9-5-7-11-22(20)17-24)25-16-14-21-10-6-8-12-23(21)18-25/h5-19,27H,4H2,1-3H3/t27-/m0/s1. The summed E-state index contributed by atoms with van der Waals surface area (Å²) >= 11 is 0. The van der Waals surface area contributed by atoms with Crippen molar-refractivity contribution >= 4 is 33.5 Å². The molecule has 5 rings (SSSR count). The smallest absolute Gasteiger partial charge is 0.418 e. The summed E-state index contributed by atoms with van der Waals surface area (Å²) in [5.41, 5.74) is 0.634. The van der Waals surface area contributed by atoms with Gasteiger partial charge >= 0.3 is 6.09 Å². The van der Waals surface area contributed by atoms with Crippen LogP contribution in [-0.2, 0) is 15.1 Å². The minimum Gasteiger partial charge on any atom is -0.430 e. The fourth-order valence-corrected chi connectivity index (χ4v) is 5.20. The number of fused-ring (bicyclic) bond motifs is 2. The van der Waals surface area contributed by atoms with Crippen LogP contribution in [0.2, 0.25) is 0 Å². The number of cyclic esters (lactones) is 1. The fraction of sp³-hybridized carbons (Fsp3) is 0.241. The second-order valence-corrected chi connectivity index (χ2v) is 9.03. The molecular formula is C29H27NO3. The van der Waals surface area contributed by atoms with Gasteiger partial charge in [0.05, 0.1) is 6.04 Å². The topological polar surface area (TPSA) is 46.6 Å². The Bertz CT molecular complexity index is 1290. The molecule has 0 saturated carbocycles. The van der Waals surface area contributed by atoms with Gasteiger partial charge in [-0.2, -0.15) is 0 Å². The maximum atomic E-state index is 13.3. The molecule has 0 spiro atoms. The summed E-state index contributed by atoms with van der Waals surface area (Å²) in [5.74, 6) is -0.243. The number of ether oxygens (including phenoxy) is 1. The van der Waals surface area contributed by atoms with Crippen molar-refractivity contribution in [2.75, 3.05) is 0 Å². The molecule has 0 aromatic heterocycles. The van der Waals surface area contributed by atoms with E-state index in [1.807, 2.05) is 50.2 Å². The molecule has 1 fully saturated rings. The van der Waals surface area contributed by atoms with E-state index in [9.17, 15) is 9.59 Å². The van der Waals surface area contributed by atoms with Crippen LogP contribution in [0.5, 0.6) is 0 Å². The molecule has 2 amide bonds. The first-order chi connectivity index (χ1) is 16.0. The number of amides is 2. The largest absolute Gasteiger partial charge is 0.430 e. The van der Waals surface area contributed by atoms with E-state index in [0.29, 0.717) is 0 Å². The summed E-state index contributed by atoms with van der Waals surface area (Å²) in [7, 11) is 0. The molecule has 166 valence electrons. The summed E-state index contributed by atoms with van der Waals surface area (Å²) in [4.78, 5) is 27.5. The summed E-state index contributed by atoms with van der Waals surface area (Å²) in [6.07, 6.45) is -0.342. The number of imide groups is 1. The lowest BCUT2D eigenvalue weighted by Gasteiger charge is -2.38. The van der Waals surface area contributed by atoms with Gasteiger partial charge in [-0.3, -0.25) is 4.79 Å². The normalized spacial score (nSPS) is 17.6. The highest BCUT2D eigenvalue weighted by Crippen LogP contribution is 2.48. The van der Waals surface area contributed by atoms with Crippen LogP contribution in [0.4, 0.5) is 4.79 Å². The Morgan fingerprint density at radius 2 is 1.33 bits per heavy atom. The molecule has 0 aliphatic carbocycles. The Hall–Kier alpha value is -3.66. The average molecular weight is 438 g/mol. The Balaban J connectivity index is 1.82. The summed E-state index contributed by atoms with van der Waals surface area (Å²) in [6.45, 7) is 5.86. The van der Waals surface area contributed by atoms with Crippen LogP contribution < -0.4 is 0 Å². The van der Waals surface area contributed by atoms with Gasteiger partial charge in [-0.1, -0.05) is 93.6 Å². The Morgan fingerprint density at radius 3 is 1.79 bits per heavy atom. The summed E-state index contributed by atoms with van der Waals surface area (Å²) in [5, 5.41) is 4.35. The number of carbonyl (C=O) groups excluding carboxylic acids is 2. The van der Waals surface area contributed by atoms with Crippen molar-refractivity contribution in [3.63, 3.8) is 0 Å². The molecule has 1 heterocycles. The lowest BCUT2D eigenvalue weighted by molar-refractivity contribution is -0.130. The van der Waals surface area contributed by atoms with Gasteiger partial charge in [0, 0.05) is 17.5 Å². The number of rotatable bonds is 4. The number of carbonyl (C=O) groups is 2. The third kappa shape index (κ3) is 3.29. The zero-order valence-corrected chi connectivity index (χ0v) is 19.1. The van der Waals surface area contributed by atoms with Gasteiger partial charge in [-0.25, -0.2) is 9.69 Å². The zero-order valence-electron chi connectivity index (χ0n) is 19.1. The highest BCUT2D eigenvalue weighted by atomic mass is 16.6. The lowest BCUT2D eigenvalue weighted by atomic mass is 9.75. The zero-order chi connectivity index (χ0) is 23.2. The summed E-state index contributed by atoms with van der Waals surface area (Å²) in [6, 6.07) is 28.2. The second kappa shape index (κ2) is 8.04. The fourth-order valence-electron chi connectivity index (χ4n) is 5.20. The van der Waals surface area contributed by atoms with E-state index in [4.69, 9.17) is 4.74 Å². The van der Waals surface area contributed by atoms with E-state index >= 15 is 0 Å². The van der Waals surface area contributed by atoms with E-state index in [-0.39, 0.29) is 18.2 Å². The van der Waals surface area contributed by atoms with Crippen LogP contribution in [0.25, 0.3) is 21.5 Å². The van der Waals surface area contributed by atoms with E-state index in [1.54, 1.807) is 6.92 Å². The maximum Gasteiger partial charge on any atom is 0.418 e. The van der Waals surface area contributed by atoms with Gasteiger partial charge < -0.3 is 4.74 Å². The first-order valence-corrected chi connectivity index (χ1v) is 11.5. The molecule has 0 bridgehead atoms. The monoisotopic (exact) mass is 437 g/mol. The van der Waals surface area contributed by atoms with Crippen LogP contribution >= 0.6 is 0 Å². The van der Waals surface area contributed by atoms with Crippen LogP contribution in [-0.4, -0.2) is 22.9 Å². The molecule has 1 aliphatic rings. The van der Waals surface area contributed by atoms with Gasteiger partial charge in [0.2, 0.25) is 5.91 Å². The molecule has 1 atom stereocenters. The Morgan fingerprint density at radius 1 is 0.848 bits per heavy atom. The van der Waals surface area contributed by atoms with E-state index < -0.39 is 17.7 Å². The first kappa shape index (κ1) is 21.2. The maximum absolute atomic E-state index is 13.3. The molecule has 0 N–H and O–H groups in total. The summed E-state index contributed by atoms with van der Waals surface area (Å²) < 4.78 is 6.29. The molecule has 4 heteroatoms. The quantitative estimate of drug-likeness (QED) is 0.359. The van der Waals surface area contributed by atoms with Gasteiger partial charge in [-0.05, 0) is 39.6 Å². The van der Waals surface area contributed by atoms with E-state index in [0.717, 1.165) is 32.7 Å². The molecule has 1 aliphatic heterocycles. The van der Waals surface area contributed by atoms with Crippen LogP contribution in [0.1, 0.15) is 38.3 Å². The van der Waals surface area contributed by atoms with Gasteiger partial charge in [-0.15, -0.1) is 0 Å². The van der Waals surface area contributed by atoms with Crippen molar-refractivity contribution in [3.05, 3.63) is 96.1 Å².